The third-order valence-electron chi connectivity index (χ3n) is 5.50. The number of carbonyl (C=O) groups is 4. The number of nitrogens with zero attached hydrogens (tertiary/aromatic N) is 1. The van der Waals surface area contributed by atoms with Crippen LogP contribution in [0.1, 0.15) is 56.0 Å². The monoisotopic (exact) mass is 441 g/mol. The molecule has 2 N–H and O–H groups in total. The van der Waals surface area contributed by atoms with E-state index in [1.54, 1.807) is 66.7 Å². The number of anilines is 1. The van der Waals surface area contributed by atoms with Gasteiger partial charge in [-0.05, 0) is 48.9 Å². The van der Waals surface area contributed by atoms with Crippen LogP contribution in [0.5, 0.6) is 0 Å². The van der Waals surface area contributed by atoms with Crippen molar-refractivity contribution in [1.82, 2.24) is 10.2 Å². The van der Waals surface area contributed by atoms with Crippen molar-refractivity contribution >= 4 is 29.3 Å². The summed E-state index contributed by atoms with van der Waals surface area (Å²) in [5, 5.41) is 5.74. The van der Waals surface area contributed by atoms with Crippen LogP contribution in [0.25, 0.3) is 0 Å². The van der Waals surface area contributed by atoms with Gasteiger partial charge in [0.15, 0.2) is 0 Å². The minimum absolute atomic E-state index is 0.000240. The van der Waals surface area contributed by atoms with Crippen molar-refractivity contribution in [3.8, 4) is 0 Å². The van der Waals surface area contributed by atoms with Gasteiger partial charge >= 0.3 is 0 Å². The Hall–Kier alpha value is -4.26. The zero-order chi connectivity index (χ0) is 23.4. The van der Waals surface area contributed by atoms with Gasteiger partial charge in [0.2, 0.25) is 5.91 Å². The van der Waals surface area contributed by atoms with E-state index in [1.165, 1.54) is 0 Å². The molecule has 4 rings (SSSR count). The summed E-state index contributed by atoms with van der Waals surface area (Å²) in [5.74, 6) is -1.25. The van der Waals surface area contributed by atoms with Gasteiger partial charge in [0.1, 0.15) is 0 Å². The number of nitrogens with one attached hydrogen (secondary N) is 2. The molecule has 7 nitrogen and oxygen atoms in total. The lowest BCUT2D eigenvalue weighted by atomic mass is 10.1. The Balaban J connectivity index is 1.33. The van der Waals surface area contributed by atoms with Gasteiger partial charge in [-0.1, -0.05) is 42.5 Å². The molecule has 0 saturated carbocycles. The van der Waals surface area contributed by atoms with E-state index in [9.17, 15) is 19.2 Å². The second-order valence-electron chi connectivity index (χ2n) is 7.79. The van der Waals surface area contributed by atoms with Crippen LogP contribution in [-0.4, -0.2) is 35.1 Å². The van der Waals surface area contributed by atoms with Crippen LogP contribution in [0.3, 0.4) is 0 Å². The topological polar surface area (TPSA) is 95.6 Å². The lowest BCUT2D eigenvalue weighted by Gasteiger charge is -2.17. The van der Waals surface area contributed by atoms with Gasteiger partial charge in [-0.25, -0.2) is 0 Å². The molecule has 166 valence electrons. The molecule has 1 atom stereocenters. The van der Waals surface area contributed by atoms with Crippen LogP contribution in [0, 0.1) is 0 Å². The van der Waals surface area contributed by atoms with Crippen LogP contribution >= 0.6 is 0 Å². The molecule has 3 aromatic carbocycles. The van der Waals surface area contributed by atoms with Crippen molar-refractivity contribution in [3.63, 3.8) is 0 Å². The summed E-state index contributed by atoms with van der Waals surface area (Å²) < 4.78 is 0. The molecule has 1 aliphatic rings. The summed E-state index contributed by atoms with van der Waals surface area (Å²) >= 11 is 0. The van der Waals surface area contributed by atoms with Crippen molar-refractivity contribution in [2.75, 3.05) is 11.9 Å². The summed E-state index contributed by atoms with van der Waals surface area (Å²) in [6, 6.07) is 22.5. The summed E-state index contributed by atoms with van der Waals surface area (Å²) in [6.45, 7) is 1.84. The maximum absolute atomic E-state index is 12.5. The van der Waals surface area contributed by atoms with Crippen LogP contribution in [-0.2, 0) is 4.79 Å². The van der Waals surface area contributed by atoms with Crippen molar-refractivity contribution in [2.45, 2.75) is 19.4 Å². The highest BCUT2D eigenvalue weighted by atomic mass is 16.2. The number of amides is 4. The molecular weight excluding hydrogens is 418 g/mol. The summed E-state index contributed by atoms with van der Waals surface area (Å²) in [7, 11) is 0. The molecule has 0 bridgehead atoms. The summed E-state index contributed by atoms with van der Waals surface area (Å²) in [5.41, 5.74) is 2.72. The Labute approximate surface area is 191 Å². The van der Waals surface area contributed by atoms with Gasteiger partial charge in [0.25, 0.3) is 17.7 Å². The first-order chi connectivity index (χ1) is 15.9. The van der Waals surface area contributed by atoms with E-state index in [0.717, 1.165) is 10.5 Å². The number of hydrogen-bond donors (Lipinski definition) is 2. The highest BCUT2D eigenvalue weighted by molar-refractivity contribution is 6.21. The van der Waals surface area contributed by atoms with Crippen LogP contribution in [0.4, 0.5) is 5.69 Å². The molecule has 1 aliphatic heterocycles. The molecular formula is C26H23N3O4. The zero-order valence-electron chi connectivity index (χ0n) is 18.1. The van der Waals surface area contributed by atoms with E-state index in [0.29, 0.717) is 22.4 Å². The fraction of sp³-hybridized carbons (Fsp3) is 0.154. The number of hydrogen-bond acceptors (Lipinski definition) is 4. The third kappa shape index (κ3) is 4.82. The number of rotatable bonds is 7. The van der Waals surface area contributed by atoms with Crippen LogP contribution < -0.4 is 10.6 Å². The molecule has 1 heterocycles. The Morgan fingerprint density at radius 3 is 2.15 bits per heavy atom. The second-order valence-corrected chi connectivity index (χ2v) is 7.79. The van der Waals surface area contributed by atoms with E-state index in [4.69, 9.17) is 0 Å². The largest absolute Gasteiger partial charge is 0.350 e. The summed E-state index contributed by atoms with van der Waals surface area (Å²) in [4.78, 5) is 50.8. The molecule has 4 amide bonds. The van der Waals surface area contributed by atoms with E-state index >= 15 is 0 Å². The Kier molecular flexibility index (Phi) is 6.31. The molecule has 0 saturated heterocycles. The molecule has 0 spiro atoms. The molecule has 0 radical (unpaired) electrons. The van der Waals surface area contributed by atoms with Crippen LogP contribution in [0.2, 0.25) is 0 Å². The molecule has 7 heteroatoms. The molecule has 0 aromatic heterocycles. The van der Waals surface area contributed by atoms with Gasteiger partial charge in [-0.2, -0.15) is 0 Å². The van der Waals surface area contributed by atoms with Gasteiger partial charge in [-0.3, -0.25) is 24.1 Å². The first kappa shape index (κ1) is 22.0. The van der Waals surface area contributed by atoms with Crippen molar-refractivity contribution < 1.29 is 19.2 Å². The van der Waals surface area contributed by atoms with E-state index in [1.807, 2.05) is 19.1 Å². The Morgan fingerprint density at radius 1 is 0.848 bits per heavy atom. The zero-order valence-corrected chi connectivity index (χ0v) is 18.1. The Morgan fingerprint density at radius 2 is 1.48 bits per heavy atom. The highest BCUT2D eigenvalue weighted by Crippen LogP contribution is 2.23. The van der Waals surface area contributed by atoms with Crippen molar-refractivity contribution in [2.24, 2.45) is 0 Å². The van der Waals surface area contributed by atoms with E-state index in [-0.39, 0.29) is 42.6 Å². The van der Waals surface area contributed by atoms with Gasteiger partial charge < -0.3 is 10.6 Å². The standard InChI is InChI=1S/C26H23N3O4/c1-17(19-10-7-11-20(16-19)28-24(31)18-8-3-2-4-9-18)27-23(30)14-15-29-25(32)21-12-5-6-13-22(21)26(29)33/h2-13,16-17H,14-15H2,1H3,(H,27,30)(H,28,31). The van der Waals surface area contributed by atoms with Gasteiger partial charge in [0, 0.05) is 24.2 Å². The average Bonchev–Trinajstić information content (AvgIpc) is 3.08. The average molecular weight is 441 g/mol. The minimum Gasteiger partial charge on any atom is -0.350 e. The first-order valence-corrected chi connectivity index (χ1v) is 10.6. The number of carbonyl (C=O) groups excluding carboxylic acids is 4. The Bertz CT molecular complexity index is 1190. The molecule has 33 heavy (non-hydrogen) atoms. The second kappa shape index (κ2) is 9.48. The van der Waals surface area contributed by atoms with Crippen molar-refractivity contribution in [3.05, 3.63) is 101 Å². The fourth-order valence-electron chi connectivity index (χ4n) is 3.73. The SMILES string of the molecule is CC(NC(=O)CCN1C(=O)c2ccccc2C1=O)c1cccc(NC(=O)c2ccccc2)c1. The number of imide groups is 1. The first-order valence-electron chi connectivity index (χ1n) is 10.6. The van der Waals surface area contributed by atoms with Crippen LogP contribution in [0.15, 0.2) is 78.9 Å². The minimum atomic E-state index is -0.377. The predicted octanol–water partition coefficient (Wildman–Crippen LogP) is 3.80. The molecule has 1 unspecified atom stereocenters. The van der Waals surface area contributed by atoms with E-state index < -0.39 is 0 Å². The van der Waals surface area contributed by atoms with Gasteiger partial charge in [-0.15, -0.1) is 0 Å². The molecule has 0 fully saturated rings. The third-order valence-corrected chi connectivity index (χ3v) is 5.50. The maximum Gasteiger partial charge on any atom is 0.261 e. The fourth-order valence-corrected chi connectivity index (χ4v) is 3.73. The lowest BCUT2D eigenvalue weighted by Crippen LogP contribution is -2.35. The van der Waals surface area contributed by atoms with Crippen molar-refractivity contribution in [1.29, 1.82) is 0 Å². The lowest BCUT2D eigenvalue weighted by molar-refractivity contribution is -0.121. The molecule has 3 aromatic rings. The number of benzene rings is 3. The normalized spacial score (nSPS) is 13.4. The van der Waals surface area contributed by atoms with E-state index in [2.05, 4.69) is 10.6 Å². The quantitative estimate of drug-likeness (QED) is 0.545. The summed E-state index contributed by atoms with van der Waals surface area (Å²) in [6.07, 6.45) is 0.000240. The maximum atomic E-state index is 12.5. The highest BCUT2D eigenvalue weighted by Gasteiger charge is 2.35. The van der Waals surface area contributed by atoms with Gasteiger partial charge in [0.05, 0.1) is 17.2 Å². The smallest absolute Gasteiger partial charge is 0.261 e. The predicted molar refractivity (Wildman–Crippen MR) is 124 cm³/mol. The molecule has 0 aliphatic carbocycles. The number of fused-ring (bicyclic) bond motifs is 1.